The molecule has 2 N–H and O–H groups in total. The molecule has 1 aliphatic carbocycles. The van der Waals surface area contributed by atoms with Gasteiger partial charge in [-0.05, 0) is 13.0 Å². The fourth-order valence-electron chi connectivity index (χ4n) is 1.06. The zero-order chi connectivity index (χ0) is 8.48. The van der Waals surface area contributed by atoms with E-state index < -0.39 is 5.79 Å². The Hall–Kier alpha value is -0.930. The number of rotatable bonds is 1. The molecule has 0 atom stereocenters. The molecular weight excluding hydrogens is 144 g/mol. The predicted octanol–water partition coefficient (Wildman–Crippen LogP) is 0.143. The fraction of sp³-hybridized carbons (Fsp3) is 0.375. The zero-order valence-electron chi connectivity index (χ0n) is 6.24. The van der Waals surface area contributed by atoms with Crippen molar-refractivity contribution in [3.63, 3.8) is 0 Å². The van der Waals surface area contributed by atoms with Gasteiger partial charge >= 0.3 is 0 Å². The predicted molar refractivity (Wildman–Crippen MR) is 39.7 cm³/mol. The zero-order valence-corrected chi connectivity index (χ0v) is 6.24. The first-order chi connectivity index (χ1) is 5.05. The number of hydrogen-bond donors (Lipinski definition) is 2. The number of carbonyl (C=O) groups excluding carboxylic acids is 1. The molecule has 0 aromatic rings. The van der Waals surface area contributed by atoms with Gasteiger partial charge in [-0.2, -0.15) is 0 Å². The quantitative estimate of drug-likeness (QED) is 0.417. The Kier molecular flexibility index (Phi) is 1.93. The Labute approximate surface area is 64.7 Å². The van der Waals surface area contributed by atoms with E-state index in [2.05, 4.69) is 0 Å². The first-order valence-corrected chi connectivity index (χ1v) is 3.34. The maximum atomic E-state index is 10.3. The van der Waals surface area contributed by atoms with Crippen LogP contribution < -0.4 is 0 Å². The summed E-state index contributed by atoms with van der Waals surface area (Å²) in [7, 11) is 0. The molecule has 0 saturated heterocycles. The van der Waals surface area contributed by atoms with Gasteiger partial charge in [0.05, 0.1) is 0 Å². The molecule has 0 spiro atoms. The highest BCUT2D eigenvalue weighted by Crippen LogP contribution is 2.23. The highest BCUT2D eigenvalue weighted by Gasteiger charge is 2.23. The summed E-state index contributed by atoms with van der Waals surface area (Å²) >= 11 is 0. The van der Waals surface area contributed by atoms with Crippen molar-refractivity contribution in [3.8, 4) is 0 Å². The summed E-state index contributed by atoms with van der Waals surface area (Å²) in [6.07, 6.45) is 3.45. The van der Waals surface area contributed by atoms with Crippen molar-refractivity contribution in [2.45, 2.75) is 19.1 Å². The topological polar surface area (TPSA) is 57.5 Å². The van der Waals surface area contributed by atoms with Crippen LogP contribution in [0.1, 0.15) is 13.3 Å². The van der Waals surface area contributed by atoms with Crippen molar-refractivity contribution in [2.24, 2.45) is 0 Å². The normalized spacial score (nSPS) is 22.1. The van der Waals surface area contributed by atoms with Crippen LogP contribution >= 0.6 is 0 Å². The number of aliphatic hydroxyl groups is 2. The SMILES string of the molecule is CC1=C(C=O)C=CC(O)(O)C1. The van der Waals surface area contributed by atoms with Crippen molar-refractivity contribution in [2.75, 3.05) is 0 Å². The molecule has 0 amide bonds. The highest BCUT2D eigenvalue weighted by molar-refractivity contribution is 5.79. The molecule has 1 aliphatic rings. The molecule has 0 aromatic heterocycles. The summed E-state index contributed by atoms with van der Waals surface area (Å²) < 4.78 is 0. The standard InChI is InChI=1S/C8H10O3/c1-6-4-8(10,11)3-2-7(6)5-9/h2-3,5,10-11H,4H2,1H3. The van der Waals surface area contributed by atoms with Crippen LogP contribution in [0, 0.1) is 0 Å². The Bertz CT molecular complexity index is 236. The second-order valence-corrected chi connectivity index (χ2v) is 2.74. The van der Waals surface area contributed by atoms with E-state index in [-0.39, 0.29) is 6.42 Å². The molecule has 0 saturated carbocycles. The van der Waals surface area contributed by atoms with Crippen LogP contribution in [0.3, 0.4) is 0 Å². The average Bonchev–Trinajstić information content (AvgIpc) is 1.86. The Morgan fingerprint density at radius 3 is 2.73 bits per heavy atom. The minimum absolute atomic E-state index is 0.109. The van der Waals surface area contributed by atoms with E-state index >= 15 is 0 Å². The summed E-state index contributed by atoms with van der Waals surface area (Å²) in [6.45, 7) is 1.70. The molecule has 0 bridgehead atoms. The van der Waals surface area contributed by atoms with Gasteiger partial charge in [-0.25, -0.2) is 0 Å². The van der Waals surface area contributed by atoms with E-state index in [0.29, 0.717) is 17.4 Å². The van der Waals surface area contributed by atoms with Gasteiger partial charge in [0.2, 0.25) is 0 Å². The third-order valence-electron chi connectivity index (χ3n) is 1.67. The second kappa shape index (κ2) is 2.60. The smallest absolute Gasteiger partial charge is 0.186 e. The van der Waals surface area contributed by atoms with Gasteiger partial charge in [0.25, 0.3) is 0 Å². The van der Waals surface area contributed by atoms with E-state index in [1.807, 2.05) is 0 Å². The van der Waals surface area contributed by atoms with Gasteiger partial charge in [0.1, 0.15) is 6.29 Å². The van der Waals surface area contributed by atoms with Crippen molar-refractivity contribution in [3.05, 3.63) is 23.3 Å². The van der Waals surface area contributed by atoms with Gasteiger partial charge in [-0.1, -0.05) is 11.6 Å². The molecule has 3 heteroatoms. The molecule has 3 nitrogen and oxygen atoms in total. The summed E-state index contributed by atoms with van der Waals surface area (Å²) in [6, 6.07) is 0. The van der Waals surface area contributed by atoms with Crippen LogP contribution in [-0.2, 0) is 4.79 Å². The second-order valence-electron chi connectivity index (χ2n) is 2.74. The molecule has 0 radical (unpaired) electrons. The third kappa shape index (κ3) is 1.76. The van der Waals surface area contributed by atoms with Crippen LogP contribution in [0.5, 0.6) is 0 Å². The Morgan fingerprint density at radius 2 is 2.27 bits per heavy atom. The fourth-order valence-corrected chi connectivity index (χ4v) is 1.06. The first-order valence-electron chi connectivity index (χ1n) is 3.34. The maximum Gasteiger partial charge on any atom is 0.186 e. The lowest BCUT2D eigenvalue weighted by Crippen LogP contribution is -2.27. The van der Waals surface area contributed by atoms with Crippen molar-refractivity contribution in [1.82, 2.24) is 0 Å². The van der Waals surface area contributed by atoms with Gasteiger partial charge in [0.15, 0.2) is 5.79 Å². The Balaban J connectivity index is 2.91. The van der Waals surface area contributed by atoms with Crippen LogP contribution in [0.15, 0.2) is 23.3 Å². The van der Waals surface area contributed by atoms with Gasteiger partial charge in [-0.15, -0.1) is 0 Å². The molecule has 0 heterocycles. The van der Waals surface area contributed by atoms with Crippen molar-refractivity contribution >= 4 is 6.29 Å². The minimum atomic E-state index is -1.77. The lowest BCUT2D eigenvalue weighted by molar-refractivity contribution is -0.117. The molecule has 60 valence electrons. The molecule has 11 heavy (non-hydrogen) atoms. The number of carbonyl (C=O) groups is 1. The van der Waals surface area contributed by atoms with Crippen LogP contribution in [0.4, 0.5) is 0 Å². The minimum Gasteiger partial charge on any atom is -0.362 e. The summed E-state index contributed by atoms with van der Waals surface area (Å²) in [4.78, 5) is 10.3. The number of aldehydes is 1. The van der Waals surface area contributed by atoms with E-state index in [4.69, 9.17) is 10.2 Å². The van der Waals surface area contributed by atoms with E-state index in [1.165, 1.54) is 12.2 Å². The molecule has 0 unspecified atom stereocenters. The maximum absolute atomic E-state index is 10.3. The lowest BCUT2D eigenvalue weighted by Gasteiger charge is -2.21. The van der Waals surface area contributed by atoms with E-state index in [9.17, 15) is 4.79 Å². The van der Waals surface area contributed by atoms with Crippen LogP contribution in [0.25, 0.3) is 0 Å². The van der Waals surface area contributed by atoms with Gasteiger partial charge in [0, 0.05) is 12.0 Å². The van der Waals surface area contributed by atoms with E-state index in [1.54, 1.807) is 6.92 Å². The van der Waals surface area contributed by atoms with Gasteiger partial charge < -0.3 is 10.2 Å². The molecule has 0 aliphatic heterocycles. The summed E-state index contributed by atoms with van der Waals surface area (Å²) in [5.74, 6) is -1.77. The molecule has 0 fully saturated rings. The van der Waals surface area contributed by atoms with Crippen LogP contribution in [0.2, 0.25) is 0 Å². The monoisotopic (exact) mass is 154 g/mol. The summed E-state index contributed by atoms with van der Waals surface area (Å²) in [5.41, 5.74) is 1.23. The van der Waals surface area contributed by atoms with Crippen LogP contribution in [-0.4, -0.2) is 22.3 Å². The van der Waals surface area contributed by atoms with Crippen molar-refractivity contribution in [1.29, 1.82) is 0 Å². The first kappa shape index (κ1) is 8.17. The Morgan fingerprint density at radius 1 is 1.64 bits per heavy atom. The van der Waals surface area contributed by atoms with Crippen molar-refractivity contribution < 1.29 is 15.0 Å². The third-order valence-corrected chi connectivity index (χ3v) is 1.67. The number of allylic oxidation sites excluding steroid dienone is 2. The van der Waals surface area contributed by atoms with Gasteiger partial charge in [-0.3, -0.25) is 4.79 Å². The van der Waals surface area contributed by atoms with E-state index in [0.717, 1.165) is 0 Å². The molecule has 1 rings (SSSR count). The number of hydrogen-bond acceptors (Lipinski definition) is 3. The average molecular weight is 154 g/mol. The summed E-state index contributed by atoms with van der Waals surface area (Å²) in [5, 5.41) is 18.2. The molecule has 0 aromatic carbocycles. The lowest BCUT2D eigenvalue weighted by atomic mass is 9.95. The molecular formula is C8H10O3. The highest BCUT2D eigenvalue weighted by atomic mass is 16.5. The largest absolute Gasteiger partial charge is 0.362 e.